The molecule has 2 fully saturated rings. The Kier molecular flexibility index (Phi) is 4.96. The van der Waals surface area contributed by atoms with Crippen LogP contribution in [0.2, 0.25) is 0 Å². The quantitative estimate of drug-likeness (QED) is 0.847. The van der Waals surface area contributed by atoms with Gasteiger partial charge in [0.15, 0.2) is 9.84 Å². The summed E-state index contributed by atoms with van der Waals surface area (Å²) in [5, 5.41) is 13.0. The second-order valence-corrected chi connectivity index (χ2v) is 9.19. The fourth-order valence-corrected chi connectivity index (χ4v) is 5.59. The van der Waals surface area contributed by atoms with Crippen LogP contribution in [0.15, 0.2) is 0 Å². The van der Waals surface area contributed by atoms with Gasteiger partial charge in [0.2, 0.25) is 0 Å². The summed E-state index contributed by atoms with van der Waals surface area (Å²) in [6, 6.07) is 3.18. The Hall–Kier alpha value is -0.640. The smallest absolute Gasteiger partial charge is 0.151 e. The molecule has 2 aliphatic rings. The van der Waals surface area contributed by atoms with E-state index in [2.05, 4.69) is 30.1 Å². The molecule has 0 amide bonds. The number of rotatable bonds is 4. The zero-order valence-electron chi connectivity index (χ0n) is 13.3. The van der Waals surface area contributed by atoms with Gasteiger partial charge < -0.3 is 0 Å². The van der Waals surface area contributed by atoms with Crippen molar-refractivity contribution in [1.82, 2.24) is 10.2 Å². The van der Waals surface area contributed by atoms with Gasteiger partial charge >= 0.3 is 0 Å². The van der Waals surface area contributed by atoms with Crippen molar-refractivity contribution < 1.29 is 8.42 Å². The van der Waals surface area contributed by atoms with Gasteiger partial charge in [-0.15, -0.1) is 0 Å². The second kappa shape index (κ2) is 6.23. The van der Waals surface area contributed by atoms with E-state index in [1.54, 1.807) is 0 Å². The zero-order chi connectivity index (χ0) is 15.7. The van der Waals surface area contributed by atoms with Crippen molar-refractivity contribution >= 4 is 9.84 Å². The largest absolute Gasteiger partial charge is 0.299 e. The molecule has 3 atom stereocenters. The number of nitrogens with zero attached hydrogens (tertiary/aromatic N) is 2. The van der Waals surface area contributed by atoms with Gasteiger partial charge in [0.25, 0.3) is 0 Å². The second-order valence-electron chi connectivity index (χ2n) is 6.97. The summed E-state index contributed by atoms with van der Waals surface area (Å²) in [6.45, 7) is 4.13. The summed E-state index contributed by atoms with van der Waals surface area (Å²) in [6.07, 6.45) is 4.47. The Morgan fingerprint density at radius 3 is 2.57 bits per heavy atom. The van der Waals surface area contributed by atoms with Gasteiger partial charge in [0, 0.05) is 18.1 Å². The molecule has 0 spiro atoms. The summed E-state index contributed by atoms with van der Waals surface area (Å²) in [7, 11) is -0.828. The Bertz CT molecular complexity index is 512. The van der Waals surface area contributed by atoms with E-state index in [0.717, 1.165) is 32.1 Å². The third-order valence-electron chi connectivity index (χ3n) is 4.86. The third kappa shape index (κ3) is 3.97. The van der Waals surface area contributed by atoms with Crippen LogP contribution in [0.3, 0.4) is 0 Å². The van der Waals surface area contributed by atoms with E-state index < -0.39 is 15.4 Å². The van der Waals surface area contributed by atoms with Crippen LogP contribution in [-0.2, 0) is 9.84 Å². The lowest BCUT2D eigenvalue weighted by atomic mass is 9.78. The maximum atomic E-state index is 11.7. The monoisotopic (exact) mass is 313 g/mol. The molecule has 6 heteroatoms. The fourth-order valence-electron chi connectivity index (χ4n) is 3.81. The Labute approximate surface area is 128 Å². The molecule has 1 aliphatic heterocycles. The van der Waals surface area contributed by atoms with Crippen LogP contribution in [0, 0.1) is 11.3 Å². The highest BCUT2D eigenvalue weighted by Crippen LogP contribution is 2.33. The first-order chi connectivity index (χ1) is 9.77. The molecule has 2 rings (SSSR count). The van der Waals surface area contributed by atoms with E-state index >= 15 is 0 Å². The molecule has 1 N–H and O–H groups in total. The highest BCUT2D eigenvalue weighted by Gasteiger charge is 2.41. The maximum Gasteiger partial charge on any atom is 0.151 e. The van der Waals surface area contributed by atoms with Gasteiger partial charge in [-0.25, -0.2) is 8.42 Å². The lowest BCUT2D eigenvalue weighted by Crippen LogP contribution is -2.55. The predicted molar refractivity (Wildman–Crippen MR) is 83.7 cm³/mol. The zero-order valence-corrected chi connectivity index (χ0v) is 14.1. The van der Waals surface area contributed by atoms with Crippen molar-refractivity contribution in [2.24, 2.45) is 0 Å². The summed E-state index contributed by atoms with van der Waals surface area (Å²) in [5.74, 6) is 0.583. The lowest BCUT2D eigenvalue weighted by molar-refractivity contribution is 0.111. The van der Waals surface area contributed by atoms with Crippen molar-refractivity contribution in [3.05, 3.63) is 0 Å². The number of hydrogen-bond donors (Lipinski definition) is 1. The standard InChI is InChI=1S/C15H27N3O2S/c1-12(2)17-15(11-16)7-4-5-13(9-15)18(3)14-6-8-21(19,20)10-14/h12-14,17H,4-10H2,1-3H3. The molecule has 0 radical (unpaired) electrons. The van der Waals surface area contributed by atoms with E-state index in [9.17, 15) is 13.7 Å². The third-order valence-corrected chi connectivity index (χ3v) is 6.61. The molecule has 5 nitrogen and oxygen atoms in total. The van der Waals surface area contributed by atoms with Crippen molar-refractivity contribution in [2.75, 3.05) is 18.6 Å². The van der Waals surface area contributed by atoms with Crippen LogP contribution in [0.5, 0.6) is 0 Å². The molecule has 0 aromatic carbocycles. The first kappa shape index (κ1) is 16.7. The number of sulfone groups is 1. The summed E-state index contributed by atoms with van der Waals surface area (Å²) in [4.78, 5) is 2.22. The van der Waals surface area contributed by atoms with Crippen LogP contribution in [0.25, 0.3) is 0 Å². The van der Waals surface area contributed by atoms with E-state index in [1.807, 2.05) is 7.05 Å². The topological polar surface area (TPSA) is 73.2 Å². The highest BCUT2D eigenvalue weighted by molar-refractivity contribution is 7.91. The summed E-state index contributed by atoms with van der Waals surface area (Å²) >= 11 is 0. The molecule has 1 saturated carbocycles. The van der Waals surface area contributed by atoms with Gasteiger partial charge in [-0.05, 0) is 53.0 Å². The van der Waals surface area contributed by atoms with Crippen molar-refractivity contribution in [1.29, 1.82) is 5.26 Å². The molecule has 3 unspecified atom stereocenters. The molecule has 0 bridgehead atoms. The van der Waals surface area contributed by atoms with Gasteiger partial charge in [0.1, 0.15) is 5.54 Å². The van der Waals surface area contributed by atoms with E-state index in [1.165, 1.54) is 0 Å². The van der Waals surface area contributed by atoms with Gasteiger partial charge in [-0.1, -0.05) is 0 Å². The average molecular weight is 313 g/mol. The van der Waals surface area contributed by atoms with Crippen LogP contribution in [0.4, 0.5) is 0 Å². The van der Waals surface area contributed by atoms with Crippen LogP contribution < -0.4 is 5.32 Å². The Morgan fingerprint density at radius 1 is 1.33 bits per heavy atom. The fraction of sp³-hybridized carbons (Fsp3) is 0.933. The molecule has 0 aromatic heterocycles. The number of hydrogen-bond acceptors (Lipinski definition) is 5. The Morgan fingerprint density at radius 2 is 2.05 bits per heavy atom. The molecular formula is C15H27N3O2S. The molecule has 1 heterocycles. The minimum atomic E-state index is -2.85. The van der Waals surface area contributed by atoms with Gasteiger partial charge in [-0.3, -0.25) is 10.2 Å². The molecule has 1 aliphatic carbocycles. The number of nitriles is 1. The molecule has 21 heavy (non-hydrogen) atoms. The molecule has 1 saturated heterocycles. The van der Waals surface area contributed by atoms with E-state index in [0.29, 0.717) is 11.8 Å². The summed E-state index contributed by atoms with van der Waals surface area (Å²) < 4.78 is 23.3. The van der Waals surface area contributed by atoms with Crippen molar-refractivity contribution in [3.8, 4) is 6.07 Å². The minimum absolute atomic E-state index is 0.119. The van der Waals surface area contributed by atoms with E-state index in [-0.39, 0.29) is 17.8 Å². The minimum Gasteiger partial charge on any atom is -0.299 e. The van der Waals surface area contributed by atoms with Crippen molar-refractivity contribution in [2.45, 2.75) is 69.6 Å². The van der Waals surface area contributed by atoms with Crippen LogP contribution >= 0.6 is 0 Å². The highest BCUT2D eigenvalue weighted by atomic mass is 32.2. The van der Waals surface area contributed by atoms with Gasteiger partial charge in [0.05, 0.1) is 17.6 Å². The molecule has 0 aromatic rings. The SMILES string of the molecule is CC(C)NC1(C#N)CCCC(N(C)C2CCS(=O)(=O)C2)C1. The lowest BCUT2D eigenvalue weighted by Gasteiger charge is -2.43. The Balaban J connectivity index is 2.05. The normalized spacial score (nSPS) is 36.0. The first-order valence-electron chi connectivity index (χ1n) is 7.88. The van der Waals surface area contributed by atoms with Crippen LogP contribution in [0.1, 0.15) is 46.0 Å². The van der Waals surface area contributed by atoms with Crippen molar-refractivity contribution in [3.63, 3.8) is 0 Å². The van der Waals surface area contributed by atoms with Crippen LogP contribution in [-0.4, -0.2) is 55.5 Å². The maximum absolute atomic E-state index is 11.7. The van der Waals surface area contributed by atoms with E-state index in [4.69, 9.17) is 0 Å². The number of nitrogens with one attached hydrogen (secondary N) is 1. The first-order valence-corrected chi connectivity index (χ1v) is 9.70. The average Bonchev–Trinajstić information content (AvgIpc) is 2.77. The molecular weight excluding hydrogens is 286 g/mol. The molecule has 120 valence electrons. The summed E-state index contributed by atoms with van der Waals surface area (Å²) in [5.41, 5.74) is -0.456. The predicted octanol–water partition coefficient (Wildman–Crippen LogP) is 1.31. The van der Waals surface area contributed by atoms with Gasteiger partial charge in [-0.2, -0.15) is 5.26 Å².